The first-order valence-corrected chi connectivity index (χ1v) is 9.03. The molecule has 0 radical (unpaired) electrons. The highest BCUT2D eigenvalue weighted by atomic mass is 16.1. The lowest BCUT2D eigenvalue weighted by Crippen LogP contribution is -2.19. The van der Waals surface area contributed by atoms with E-state index >= 15 is 0 Å². The highest BCUT2D eigenvalue weighted by molar-refractivity contribution is 6.03. The Morgan fingerprint density at radius 2 is 1.78 bits per heavy atom. The lowest BCUT2D eigenvalue weighted by Gasteiger charge is -2.22. The molecule has 0 aliphatic heterocycles. The second kappa shape index (κ2) is 7.99. The molecule has 1 amide bonds. The van der Waals surface area contributed by atoms with Gasteiger partial charge in [-0.1, -0.05) is 29.8 Å². The van der Waals surface area contributed by atoms with Crippen LogP contribution in [0.2, 0.25) is 0 Å². The van der Waals surface area contributed by atoms with Crippen molar-refractivity contribution < 1.29 is 4.79 Å². The van der Waals surface area contributed by atoms with Gasteiger partial charge in [0, 0.05) is 17.9 Å². The molecule has 5 heteroatoms. The van der Waals surface area contributed by atoms with Gasteiger partial charge >= 0.3 is 0 Å². The van der Waals surface area contributed by atoms with E-state index in [1.54, 1.807) is 6.20 Å². The molecule has 138 valence electrons. The standard InChI is InChI=1S/C22H24N4O/c1-5-26(18-8-6-7-15(2)12-18)21-14-23-20(13-24-21)22(27)25-19-10-9-16(3)11-17(19)4/h6-14H,5H2,1-4H3,(H,25,27). The Bertz CT molecular complexity index is 951. The van der Waals surface area contributed by atoms with Gasteiger partial charge in [0.15, 0.2) is 5.82 Å². The second-order valence-electron chi connectivity index (χ2n) is 6.62. The smallest absolute Gasteiger partial charge is 0.275 e. The highest BCUT2D eigenvalue weighted by Crippen LogP contribution is 2.23. The fourth-order valence-corrected chi connectivity index (χ4v) is 2.99. The van der Waals surface area contributed by atoms with Crippen molar-refractivity contribution in [1.82, 2.24) is 9.97 Å². The molecular formula is C22H24N4O. The summed E-state index contributed by atoms with van der Waals surface area (Å²) < 4.78 is 0. The summed E-state index contributed by atoms with van der Waals surface area (Å²) in [5, 5.41) is 2.90. The van der Waals surface area contributed by atoms with E-state index in [1.165, 1.54) is 11.8 Å². The van der Waals surface area contributed by atoms with E-state index in [0.717, 1.165) is 29.0 Å². The van der Waals surface area contributed by atoms with E-state index < -0.39 is 0 Å². The molecule has 1 aromatic heterocycles. The second-order valence-corrected chi connectivity index (χ2v) is 6.62. The van der Waals surface area contributed by atoms with Gasteiger partial charge in [0.1, 0.15) is 5.69 Å². The highest BCUT2D eigenvalue weighted by Gasteiger charge is 2.13. The minimum absolute atomic E-state index is 0.264. The van der Waals surface area contributed by atoms with Crippen LogP contribution < -0.4 is 10.2 Å². The summed E-state index contributed by atoms with van der Waals surface area (Å²) in [5.74, 6) is 0.450. The molecule has 27 heavy (non-hydrogen) atoms. The Morgan fingerprint density at radius 3 is 2.41 bits per heavy atom. The Balaban J connectivity index is 1.78. The van der Waals surface area contributed by atoms with Crippen LogP contribution in [0.15, 0.2) is 54.9 Å². The van der Waals surface area contributed by atoms with E-state index in [-0.39, 0.29) is 5.91 Å². The van der Waals surface area contributed by atoms with Crippen molar-refractivity contribution in [3.8, 4) is 0 Å². The first-order valence-electron chi connectivity index (χ1n) is 9.03. The van der Waals surface area contributed by atoms with Crippen molar-refractivity contribution >= 4 is 23.1 Å². The molecule has 0 unspecified atom stereocenters. The predicted molar refractivity (Wildman–Crippen MR) is 110 cm³/mol. The molecule has 3 rings (SSSR count). The minimum Gasteiger partial charge on any atom is -0.325 e. The van der Waals surface area contributed by atoms with Crippen LogP contribution in [0.1, 0.15) is 34.1 Å². The van der Waals surface area contributed by atoms with Crippen molar-refractivity contribution in [1.29, 1.82) is 0 Å². The molecule has 0 aliphatic rings. The number of carbonyl (C=O) groups is 1. The summed E-state index contributed by atoms with van der Waals surface area (Å²) in [7, 11) is 0. The molecule has 0 atom stereocenters. The third-order valence-corrected chi connectivity index (χ3v) is 4.41. The molecule has 5 nitrogen and oxygen atoms in total. The van der Waals surface area contributed by atoms with Crippen LogP contribution in [0, 0.1) is 20.8 Å². The monoisotopic (exact) mass is 360 g/mol. The number of amides is 1. The Hall–Kier alpha value is -3.21. The fraction of sp³-hybridized carbons (Fsp3) is 0.227. The van der Waals surface area contributed by atoms with Gasteiger partial charge < -0.3 is 10.2 Å². The first-order chi connectivity index (χ1) is 13.0. The summed E-state index contributed by atoms with van der Waals surface area (Å²) >= 11 is 0. The summed E-state index contributed by atoms with van der Waals surface area (Å²) in [5.41, 5.74) is 5.49. The van der Waals surface area contributed by atoms with Crippen LogP contribution in [0.3, 0.4) is 0 Å². The van der Waals surface area contributed by atoms with Crippen LogP contribution in [0.25, 0.3) is 0 Å². The van der Waals surface area contributed by atoms with Gasteiger partial charge in [-0.15, -0.1) is 0 Å². The van der Waals surface area contributed by atoms with Gasteiger partial charge in [-0.25, -0.2) is 9.97 Å². The maximum Gasteiger partial charge on any atom is 0.275 e. The summed E-state index contributed by atoms with van der Waals surface area (Å²) in [6, 6.07) is 14.1. The number of anilines is 3. The third-order valence-electron chi connectivity index (χ3n) is 4.41. The fourth-order valence-electron chi connectivity index (χ4n) is 2.99. The lowest BCUT2D eigenvalue weighted by atomic mass is 10.1. The van der Waals surface area contributed by atoms with E-state index in [1.807, 2.05) is 44.2 Å². The van der Waals surface area contributed by atoms with Crippen molar-refractivity contribution in [2.24, 2.45) is 0 Å². The maximum absolute atomic E-state index is 12.5. The van der Waals surface area contributed by atoms with Gasteiger partial charge in [0.05, 0.1) is 12.4 Å². The molecule has 0 fully saturated rings. The van der Waals surface area contributed by atoms with Gasteiger partial charge in [0.2, 0.25) is 0 Å². The summed E-state index contributed by atoms with van der Waals surface area (Å²) in [4.78, 5) is 23.3. The molecule has 1 heterocycles. The first kappa shape index (κ1) is 18.6. The van der Waals surface area contributed by atoms with Crippen molar-refractivity contribution in [3.05, 3.63) is 77.2 Å². The van der Waals surface area contributed by atoms with Crippen LogP contribution in [-0.4, -0.2) is 22.4 Å². The molecule has 0 spiro atoms. The summed E-state index contributed by atoms with van der Waals surface area (Å²) in [6.07, 6.45) is 3.16. The van der Waals surface area contributed by atoms with Gasteiger partial charge in [-0.3, -0.25) is 4.79 Å². The number of aromatic nitrogens is 2. The number of hydrogen-bond acceptors (Lipinski definition) is 4. The zero-order valence-corrected chi connectivity index (χ0v) is 16.2. The maximum atomic E-state index is 12.5. The SMILES string of the molecule is CCN(c1cccc(C)c1)c1cnc(C(=O)Nc2ccc(C)cc2C)cn1. The zero-order valence-electron chi connectivity index (χ0n) is 16.2. The Labute approximate surface area is 160 Å². The molecule has 0 saturated heterocycles. The molecule has 0 aliphatic carbocycles. The van der Waals surface area contributed by atoms with E-state index in [9.17, 15) is 4.79 Å². The van der Waals surface area contributed by atoms with E-state index in [0.29, 0.717) is 11.5 Å². The number of benzene rings is 2. The number of rotatable bonds is 5. The number of nitrogens with one attached hydrogen (secondary N) is 1. The van der Waals surface area contributed by atoms with Crippen LogP contribution >= 0.6 is 0 Å². The lowest BCUT2D eigenvalue weighted by molar-refractivity contribution is 0.102. The number of hydrogen-bond donors (Lipinski definition) is 1. The van der Waals surface area contributed by atoms with Gasteiger partial charge in [0.25, 0.3) is 5.91 Å². The minimum atomic E-state index is -0.264. The normalized spacial score (nSPS) is 10.5. The molecule has 3 aromatic rings. The molecule has 0 bridgehead atoms. The Kier molecular flexibility index (Phi) is 5.50. The molecule has 1 N–H and O–H groups in total. The van der Waals surface area contributed by atoms with Crippen molar-refractivity contribution in [2.45, 2.75) is 27.7 Å². The van der Waals surface area contributed by atoms with Gasteiger partial charge in [-0.05, 0) is 57.0 Å². The number of carbonyl (C=O) groups excluding carboxylic acids is 1. The molecule has 0 saturated carbocycles. The number of nitrogens with zero attached hydrogens (tertiary/aromatic N) is 3. The summed E-state index contributed by atoms with van der Waals surface area (Å²) in [6.45, 7) is 8.87. The zero-order chi connectivity index (χ0) is 19.4. The van der Waals surface area contributed by atoms with Crippen molar-refractivity contribution in [2.75, 3.05) is 16.8 Å². The molecule has 2 aromatic carbocycles. The van der Waals surface area contributed by atoms with Crippen LogP contribution in [0.5, 0.6) is 0 Å². The van der Waals surface area contributed by atoms with E-state index in [2.05, 4.69) is 46.2 Å². The average Bonchev–Trinajstić information content (AvgIpc) is 2.65. The van der Waals surface area contributed by atoms with E-state index in [4.69, 9.17) is 0 Å². The largest absolute Gasteiger partial charge is 0.325 e. The van der Waals surface area contributed by atoms with Crippen LogP contribution in [0.4, 0.5) is 17.2 Å². The predicted octanol–water partition coefficient (Wildman–Crippen LogP) is 4.81. The quantitative estimate of drug-likeness (QED) is 0.709. The van der Waals surface area contributed by atoms with Crippen LogP contribution in [-0.2, 0) is 0 Å². The number of aryl methyl sites for hydroxylation is 3. The van der Waals surface area contributed by atoms with Gasteiger partial charge in [-0.2, -0.15) is 0 Å². The van der Waals surface area contributed by atoms with Crippen molar-refractivity contribution in [3.63, 3.8) is 0 Å². The average molecular weight is 360 g/mol. The molecular weight excluding hydrogens is 336 g/mol. The third kappa shape index (κ3) is 4.31. The Morgan fingerprint density at radius 1 is 1.00 bits per heavy atom. The topological polar surface area (TPSA) is 58.1 Å².